The molecule has 9 heteroatoms. The number of amidine groups is 1. The second-order valence-electron chi connectivity index (χ2n) is 6.58. The van der Waals surface area contributed by atoms with Crippen molar-refractivity contribution in [2.45, 2.75) is 13.8 Å². The van der Waals surface area contributed by atoms with Gasteiger partial charge >= 0.3 is 11.9 Å². The van der Waals surface area contributed by atoms with Gasteiger partial charge in [0.1, 0.15) is 5.75 Å². The number of aliphatic carboxylic acids is 1. The number of rotatable bonds is 8. The Morgan fingerprint density at radius 3 is 2.66 bits per heavy atom. The average Bonchev–Trinajstić information content (AvgIpc) is 3.06. The Balaban J connectivity index is 1.85. The number of carbonyl (C=O) groups excluding carboxylic acids is 2. The summed E-state index contributed by atoms with van der Waals surface area (Å²) >= 11 is 1.23. The molecular weight excluding hydrogens is 432 g/mol. The Morgan fingerprint density at radius 2 is 1.94 bits per heavy atom. The third kappa shape index (κ3) is 5.76. The summed E-state index contributed by atoms with van der Waals surface area (Å²) in [5.74, 6) is -1.28. The van der Waals surface area contributed by atoms with E-state index in [0.29, 0.717) is 39.2 Å². The molecule has 166 valence electrons. The summed E-state index contributed by atoms with van der Waals surface area (Å²) in [6, 6.07) is 13.6. The molecule has 1 N–H and O–H groups in total. The Kier molecular flexibility index (Phi) is 7.67. The van der Waals surface area contributed by atoms with E-state index in [1.54, 1.807) is 66.4 Å². The number of hydrogen-bond donors (Lipinski definition) is 1. The SMILES string of the molecule is CCOC(=O)c1cccc(N=C2SC(=Cc3cccc(OCC(=O)O)c3)C(=O)N2CC)c1. The van der Waals surface area contributed by atoms with Crippen LogP contribution in [0.5, 0.6) is 5.75 Å². The Morgan fingerprint density at radius 1 is 1.16 bits per heavy atom. The van der Waals surface area contributed by atoms with Crippen molar-refractivity contribution in [2.75, 3.05) is 19.8 Å². The fourth-order valence-electron chi connectivity index (χ4n) is 2.89. The van der Waals surface area contributed by atoms with E-state index in [9.17, 15) is 14.4 Å². The van der Waals surface area contributed by atoms with Gasteiger partial charge in [-0.05, 0) is 67.6 Å². The van der Waals surface area contributed by atoms with Gasteiger partial charge < -0.3 is 14.6 Å². The molecule has 0 saturated carbocycles. The third-order valence-corrected chi connectivity index (χ3v) is 5.31. The Bertz CT molecular complexity index is 1100. The molecule has 32 heavy (non-hydrogen) atoms. The molecule has 1 aliphatic heterocycles. The molecule has 8 nitrogen and oxygen atoms in total. The van der Waals surface area contributed by atoms with Crippen molar-refractivity contribution in [3.05, 3.63) is 64.6 Å². The number of aliphatic imine (C=N–C) groups is 1. The highest BCUT2D eigenvalue weighted by Gasteiger charge is 2.32. The van der Waals surface area contributed by atoms with Crippen LogP contribution in [0.3, 0.4) is 0 Å². The van der Waals surface area contributed by atoms with Crippen molar-refractivity contribution >= 4 is 46.5 Å². The molecule has 0 radical (unpaired) electrons. The zero-order valence-corrected chi connectivity index (χ0v) is 18.4. The highest BCUT2D eigenvalue weighted by Crippen LogP contribution is 2.34. The number of amides is 1. The number of hydrogen-bond acceptors (Lipinski definition) is 7. The Labute approximate surface area is 189 Å². The lowest BCUT2D eigenvalue weighted by Gasteiger charge is -2.12. The standard InChI is InChI=1S/C23H22N2O6S/c1-3-25-21(28)19(12-15-7-5-10-18(11-15)31-14-20(26)27)32-23(25)24-17-9-6-8-16(13-17)22(29)30-4-2/h5-13H,3-4,14H2,1-2H3,(H,26,27). The maximum absolute atomic E-state index is 12.9. The van der Waals surface area contributed by atoms with E-state index in [2.05, 4.69) is 4.99 Å². The van der Waals surface area contributed by atoms with Crippen LogP contribution < -0.4 is 4.74 Å². The van der Waals surface area contributed by atoms with Crippen molar-refractivity contribution in [1.29, 1.82) is 0 Å². The number of carboxylic acid groups (broad SMARTS) is 1. The highest BCUT2D eigenvalue weighted by atomic mass is 32.2. The highest BCUT2D eigenvalue weighted by molar-refractivity contribution is 8.18. The van der Waals surface area contributed by atoms with Crippen molar-refractivity contribution in [1.82, 2.24) is 4.90 Å². The van der Waals surface area contributed by atoms with Gasteiger partial charge in [-0.2, -0.15) is 0 Å². The minimum absolute atomic E-state index is 0.186. The van der Waals surface area contributed by atoms with Crippen molar-refractivity contribution < 1.29 is 29.0 Å². The van der Waals surface area contributed by atoms with E-state index in [0.717, 1.165) is 0 Å². The van der Waals surface area contributed by atoms with Crippen LogP contribution in [0.25, 0.3) is 6.08 Å². The van der Waals surface area contributed by atoms with Gasteiger partial charge in [0.15, 0.2) is 11.8 Å². The lowest BCUT2D eigenvalue weighted by Crippen LogP contribution is -2.28. The molecule has 3 rings (SSSR count). The fraction of sp³-hybridized carbons (Fsp3) is 0.217. The molecule has 0 aromatic heterocycles. The molecular formula is C23H22N2O6S. The van der Waals surface area contributed by atoms with Gasteiger partial charge in [0.2, 0.25) is 0 Å². The molecule has 0 atom stereocenters. The number of thioether (sulfide) groups is 1. The monoisotopic (exact) mass is 454 g/mol. The predicted molar refractivity (Wildman–Crippen MR) is 122 cm³/mol. The number of carboxylic acids is 1. The summed E-state index contributed by atoms with van der Waals surface area (Å²) in [5, 5.41) is 9.26. The number of carbonyl (C=O) groups is 3. The van der Waals surface area contributed by atoms with E-state index >= 15 is 0 Å². The molecule has 2 aromatic rings. The van der Waals surface area contributed by atoms with Crippen molar-refractivity contribution in [3.63, 3.8) is 0 Å². The van der Waals surface area contributed by atoms with Gasteiger partial charge in [0.25, 0.3) is 5.91 Å². The zero-order valence-electron chi connectivity index (χ0n) is 17.6. The number of ether oxygens (including phenoxy) is 2. The molecule has 0 aliphatic carbocycles. The lowest BCUT2D eigenvalue weighted by molar-refractivity contribution is -0.139. The minimum Gasteiger partial charge on any atom is -0.482 e. The second kappa shape index (κ2) is 10.6. The maximum Gasteiger partial charge on any atom is 0.341 e. The van der Waals surface area contributed by atoms with Crippen LogP contribution >= 0.6 is 11.8 Å². The number of likely N-dealkylation sites (N-methyl/N-ethyl adjacent to an activating group) is 1. The minimum atomic E-state index is -1.07. The normalized spacial score (nSPS) is 15.9. The molecule has 1 saturated heterocycles. The van der Waals surface area contributed by atoms with Gasteiger partial charge in [-0.15, -0.1) is 0 Å². The average molecular weight is 455 g/mol. The fourth-order valence-corrected chi connectivity index (χ4v) is 3.95. The molecule has 1 aliphatic rings. The molecule has 0 spiro atoms. The second-order valence-corrected chi connectivity index (χ2v) is 7.59. The van der Waals surface area contributed by atoms with Crippen molar-refractivity contribution in [2.24, 2.45) is 4.99 Å². The summed E-state index contributed by atoms with van der Waals surface area (Å²) in [7, 11) is 0. The molecule has 2 aromatic carbocycles. The van der Waals surface area contributed by atoms with Gasteiger partial charge in [0.05, 0.1) is 22.8 Å². The van der Waals surface area contributed by atoms with Crippen LogP contribution in [0.15, 0.2) is 58.4 Å². The van der Waals surface area contributed by atoms with Crippen LogP contribution in [0.4, 0.5) is 5.69 Å². The third-order valence-electron chi connectivity index (χ3n) is 4.30. The van der Waals surface area contributed by atoms with E-state index in [1.165, 1.54) is 11.8 Å². The maximum atomic E-state index is 12.9. The molecule has 1 heterocycles. The summed E-state index contributed by atoms with van der Waals surface area (Å²) < 4.78 is 10.2. The number of esters is 1. The van der Waals surface area contributed by atoms with Gasteiger partial charge in [-0.25, -0.2) is 14.6 Å². The van der Waals surface area contributed by atoms with E-state index in [4.69, 9.17) is 14.6 Å². The first-order chi connectivity index (χ1) is 15.4. The van der Waals surface area contributed by atoms with Crippen molar-refractivity contribution in [3.8, 4) is 5.75 Å². The first-order valence-electron chi connectivity index (χ1n) is 9.93. The smallest absolute Gasteiger partial charge is 0.341 e. The summed E-state index contributed by atoms with van der Waals surface area (Å²) in [4.78, 5) is 42.1. The molecule has 1 fully saturated rings. The largest absolute Gasteiger partial charge is 0.482 e. The van der Waals surface area contributed by atoms with E-state index < -0.39 is 18.5 Å². The van der Waals surface area contributed by atoms with Gasteiger partial charge in [0, 0.05) is 6.54 Å². The number of benzene rings is 2. The molecule has 0 unspecified atom stereocenters. The summed E-state index contributed by atoms with van der Waals surface area (Å²) in [5.41, 5.74) is 1.62. The number of nitrogens with zero attached hydrogens (tertiary/aromatic N) is 2. The predicted octanol–water partition coefficient (Wildman–Crippen LogP) is 3.95. The van der Waals surface area contributed by atoms with Crippen LogP contribution in [0, 0.1) is 0 Å². The van der Waals surface area contributed by atoms with Gasteiger partial charge in [-0.3, -0.25) is 9.69 Å². The van der Waals surface area contributed by atoms with Crippen LogP contribution in [-0.4, -0.2) is 52.8 Å². The quantitative estimate of drug-likeness (QED) is 0.475. The molecule has 0 bridgehead atoms. The van der Waals surface area contributed by atoms with E-state index in [-0.39, 0.29) is 12.5 Å². The van der Waals surface area contributed by atoms with Gasteiger partial charge in [-0.1, -0.05) is 18.2 Å². The first-order valence-corrected chi connectivity index (χ1v) is 10.7. The van der Waals surface area contributed by atoms with Crippen LogP contribution in [0.2, 0.25) is 0 Å². The van der Waals surface area contributed by atoms with E-state index in [1.807, 2.05) is 6.92 Å². The summed E-state index contributed by atoms with van der Waals surface area (Å²) in [6.45, 7) is 3.86. The zero-order chi connectivity index (χ0) is 23.1. The topological polar surface area (TPSA) is 106 Å². The van der Waals surface area contributed by atoms with Crippen LogP contribution in [0.1, 0.15) is 29.8 Å². The van der Waals surface area contributed by atoms with Crippen LogP contribution in [-0.2, 0) is 14.3 Å². The molecule has 1 amide bonds. The lowest BCUT2D eigenvalue weighted by atomic mass is 10.2. The Hall–Kier alpha value is -3.59. The summed E-state index contributed by atoms with van der Waals surface area (Å²) in [6.07, 6.45) is 1.71. The first kappa shape index (κ1) is 23.1.